The third-order valence-corrected chi connectivity index (χ3v) is 3.94. The van der Waals surface area contributed by atoms with Crippen LogP contribution in [0.3, 0.4) is 0 Å². The van der Waals surface area contributed by atoms with Crippen LogP contribution in [0.4, 0.5) is 14.3 Å². The van der Waals surface area contributed by atoms with Gasteiger partial charge in [0.25, 0.3) is 0 Å². The molecule has 5 nitrogen and oxygen atoms in total. The first-order valence-corrected chi connectivity index (χ1v) is 7.54. The SMILES string of the molecule is CCNC(=O)Nc1nc2cc(-c3cccnc3)c(F)cc2s1. The number of carbonyl (C=O) groups is 1. The van der Waals surface area contributed by atoms with E-state index in [1.807, 2.05) is 6.92 Å². The molecule has 7 heteroatoms. The summed E-state index contributed by atoms with van der Waals surface area (Å²) >= 11 is 1.23. The highest BCUT2D eigenvalue weighted by atomic mass is 32.1. The van der Waals surface area contributed by atoms with Crippen molar-refractivity contribution >= 4 is 32.7 Å². The molecule has 0 atom stereocenters. The number of aromatic nitrogens is 2. The molecule has 22 heavy (non-hydrogen) atoms. The number of anilines is 1. The second-order valence-electron chi connectivity index (χ2n) is 4.54. The lowest BCUT2D eigenvalue weighted by Gasteiger charge is -2.02. The Balaban J connectivity index is 1.98. The summed E-state index contributed by atoms with van der Waals surface area (Å²) in [5.41, 5.74) is 1.76. The standard InChI is InChI=1S/C15H13FN4OS/c1-2-18-14(21)20-15-19-12-6-10(9-4-3-5-17-8-9)11(16)7-13(12)22-15/h3-8H,2H2,1H3,(H2,18,19,20,21). The molecule has 0 aliphatic carbocycles. The maximum Gasteiger partial charge on any atom is 0.321 e. The quantitative estimate of drug-likeness (QED) is 0.775. The molecule has 0 spiro atoms. The summed E-state index contributed by atoms with van der Waals surface area (Å²) in [5.74, 6) is -0.339. The maximum absolute atomic E-state index is 14.2. The Morgan fingerprint density at radius 2 is 2.27 bits per heavy atom. The van der Waals surface area contributed by atoms with E-state index in [9.17, 15) is 9.18 Å². The van der Waals surface area contributed by atoms with E-state index in [-0.39, 0.29) is 11.8 Å². The number of rotatable bonds is 3. The molecule has 2 aromatic heterocycles. The molecule has 2 N–H and O–H groups in total. The fourth-order valence-electron chi connectivity index (χ4n) is 2.05. The number of halogens is 1. The van der Waals surface area contributed by atoms with Gasteiger partial charge < -0.3 is 5.32 Å². The number of carbonyl (C=O) groups excluding carboxylic acids is 1. The van der Waals surface area contributed by atoms with Gasteiger partial charge in [0.2, 0.25) is 0 Å². The first-order valence-electron chi connectivity index (χ1n) is 6.72. The monoisotopic (exact) mass is 316 g/mol. The number of amides is 2. The van der Waals surface area contributed by atoms with Crippen LogP contribution in [-0.4, -0.2) is 22.5 Å². The van der Waals surface area contributed by atoms with Crippen LogP contribution >= 0.6 is 11.3 Å². The molecule has 0 saturated carbocycles. The van der Waals surface area contributed by atoms with Gasteiger partial charge in [-0.15, -0.1) is 0 Å². The number of nitrogens with one attached hydrogen (secondary N) is 2. The average Bonchev–Trinajstić information content (AvgIpc) is 2.88. The van der Waals surface area contributed by atoms with Crippen molar-refractivity contribution in [3.63, 3.8) is 0 Å². The molecule has 0 fully saturated rings. The number of benzene rings is 1. The highest BCUT2D eigenvalue weighted by Gasteiger charge is 2.12. The van der Waals surface area contributed by atoms with E-state index in [1.165, 1.54) is 17.4 Å². The number of hydrogen-bond acceptors (Lipinski definition) is 4. The summed E-state index contributed by atoms with van der Waals surface area (Å²) in [5, 5.41) is 5.69. The van der Waals surface area contributed by atoms with Crippen molar-refractivity contribution in [2.45, 2.75) is 6.92 Å². The Hall–Kier alpha value is -2.54. The predicted octanol–water partition coefficient (Wildman–Crippen LogP) is 3.64. The fraction of sp³-hybridized carbons (Fsp3) is 0.133. The van der Waals surface area contributed by atoms with Gasteiger partial charge in [0.05, 0.1) is 10.2 Å². The first-order chi connectivity index (χ1) is 10.7. The number of pyridine rings is 1. The molecule has 3 rings (SSSR count). The topological polar surface area (TPSA) is 66.9 Å². The summed E-state index contributed by atoms with van der Waals surface area (Å²) in [6.07, 6.45) is 3.24. The first kappa shape index (κ1) is 14.4. The summed E-state index contributed by atoms with van der Waals surface area (Å²) in [6, 6.07) is 6.31. The van der Waals surface area contributed by atoms with E-state index in [0.29, 0.717) is 33.0 Å². The fourth-order valence-corrected chi connectivity index (χ4v) is 2.92. The summed E-state index contributed by atoms with van der Waals surface area (Å²) in [7, 11) is 0. The molecule has 0 saturated heterocycles. The molecule has 1 aromatic carbocycles. The smallest absolute Gasteiger partial charge is 0.321 e. The van der Waals surface area contributed by atoms with Crippen LogP contribution in [0.25, 0.3) is 21.3 Å². The number of thiazole rings is 1. The number of nitrogens with zero attached hydrogens (tertiary/aromatic N) is 2. The molecule has 3 aromatic rings. The van der Waals surface area contributed by atoms with Gasteiger partial charge in [0.15, 0.2) is 5.13 Å². The Bertz CT molecular complexity index is 819. The molecule has 0 unspecified atom stereocenters. The second kappa shape index (κ2) is 6.07. The Labute approximate surface area is 130 Å². The summed E-state index contributed by atoms with van der Waals surface area (Å²) < 4.78 is 14.9. The van der Waals surface area contributed by atoms with Crippen LogP contribution in [0.15, 0.2) is 36.7 Å². The Morgan fingerprint density at radius 1 is 1.41 bits per heavy atom. The van der Waals surface area contributed by atoms with Gasteiger partial charge in [0, 0.05) is 30.1 Å². The molecule has 0 aliphatic heterocycles. The van der Waals surface area contributed by atoms with Gasteiger partial charge in [-0.25, -0.2) is 14.2 Å². The lowest BCUT2D eigenvalue weighted by Crippen LogP contribution is -2.28. The van der Waals surface area contributed by atoms with E-state index >= 15 is 0 Å². The van der Waals surface area contributed by atoms with Crippen LogP contribution in [0, 0.1) is 5.82 Å². The minimum Gasteiger partial charge on any atom is -0.338 e. The van der Waals surface area contributed by atoms with Gasteiger partial charge in [0.1, 0.15) is 5.82 Å². The average molecular weight is 316 g/mol. The molecule has 2 amide bonds. The van der Waals surface area contributed by atoms with Gasteiger partial charge in [-0.1, -0.05) is 17.4 Å². The van der Waals surface area contributed by atoms with E-state index in [4.69, 9.17) is 0 Å². The van der Waals surface area contributed by atoms with Crippen LogP contribution < -0.4 is 10.6 Å². The second-order valence-corrected chi connectivity index (χ2v) is 5.58. The summed E-state index contributed by atoms with van der Waals surface area (Å²) in [6.45, 7) is 2.35. The van der Waals surface area contributed by atoms with E-state index in [0.717, 1.165) is 0 Å². The molecule has 0 aliphatic rings. The van der Waals surface area contributed by atoms with Gasteiger partial charge >= 0.3 is 6.03 Å². The van der Waals surface area contributed by atoms with E-state index in [2.05, 4.69) is 20.6 Å². The largest absolute Gasteiger partial charge is 0.338 e. The Kier molecular flexibility index (Phi) is 3.97. The van der Waals surface area contributed by atoms with Crippen molar-refractivity contribution in [2.75, 3.05) is 11.9 Å². The van der Waals surface area contributed by atoms with Crippen LogP contribution in [0.5, 0.6) is 0 Å². The Morgan fingerprint density at radius 3 is 3.00 bits per heavy atom. The molecular formula is C15H13FN4OS. The highest BCUT2D eigenvalue weighted by molar-refractivity contribution is 7.22. The van der Waals surface area contributed by atoms with Gasteiger partial charge in [-0.05, 0) is 25.1 Å². The van der Waals surface area contributed by atoms with Crippen LogP contribution in [0.2, 0.25) is 0 Å². The number of fused-ring (bicyclic) bond motifs is 1. The normalized spacial score (nSPS) is 10.6. The van der Waals surface area contributed by atoms with Crippen LogP contribution in [0.1, 0.15) is 6.92 Å². The lowest BCUT2D eigenvalue weighted by molar-refractivity contribution is 0.252. The third-order valence-electron chi connectivity index (χ3n) is 3.01. The van der Waals surface area contributed by atoms with Gasteiger partial charge in [-0.2, -0.15) is 0 Å². The van der Waals surface area contributed by atoms with Crippen LogP contribution in [-0.2, 0) is 0 Å². The molecule has 0 bridgehead atoms. The van der Waals surface area contributed by atoms with Crippen molar-refractivity contribution in [3.8, 4) is 11.1 Å². The lowest BCUT2D eigenvalue weighted by atomic mass is 10.1. The predicted molar refractivity (Wildman–Crippen MR) is 85.5 cm³/mol. The maximum atomic E-state index is 14.2. The summed E-state index contributed by atoms with van der Waals surface area (Å²) in [4.78, 5) is 19.8. The van der Waals surface area contributed by atoms with Crippen molar-refractivity contribution in [1.29, 1.82) is 0 Å². The molecule has 0 radical (unpaired) electrons. The van der Waals surface area contributed by atoms with Crippen molar-refractivity contribution < 1.29 is 9.18 Å². The van der Waals surface area contributed by atoms with E-state index in [1.54, 1.807) is 30.6 Å². The minimum absolute atomic E-state index is 0.325. The van der Waals surface area contributed by atoms with Crippen molar-refractivity contribution in [3.05, 3.63) is 42.5 Å². The van der Waals surface area contributed by atoms with E-state index < -0.39 is 0 Å². The molecule has 112 valence electrons. The zero-order valence-electron chi connectivity index (χ0n) is 11.8. The van der Waals surface area contributed by atoms with Crippen molar-refractivity contribution in [1.82, 2.24) is 15.3 Å². The highest BCUT2D eigenvalue weighted by Crippen LogP contribution is 2.32. The van der Waals surface area contributed by atoms with Gasteiger partial charge in [-0.3, -0.25) is 10.3 Å². The molecule has 2 heterocycles. The zero-order chi connectivity index (χ0) is 15.5. The zero-order valence-corrected chi connectivity index (χ0v) is 12.6. The van der Waals surface area contributed by atoms with Crippen molar-refractivity contribution in [2.24, 2.45) is 0 Å². The number of hydrogen-bond donors (Lipinski definition) is 2. The number of urea groups is 1. The third kappa shape index (κ3) is 2.89. The minimum atomic E-state index is -0.339. The molecular weight excluding hydrogens is 303 g/mol.